The van der Waals surface area contributed by atoms with Crippen molar-refractivity contribution in [3.8, 4) is 0 Å². The molecule has 0 bridgehead atoms. The second-order valence-corrected chi connectivity index (χ2v) is 2.46. The summed E-state index contributed by atoms with van der Waals surface area (Å²) in [5.74, 6) is 0. The molecule has 1 heterocycles. The fourth-order valence-corrected chi connectivity index (χ4v) is 0.777. The van der Waals surface area contributed by atoms with Crippen molar-refractivity contribution in [3.05, 3.63) is 0 Å². The van der Waals surface area contributed by atoms with Crippen LogP contribution in [0.3, 0.4) is 0 Å². The number of nitrogens with zero attached hydrogens (tertiary/aromatic N) is 1. The lowest BCUT2D eigenvalue weighted by Gasteiger charge is -2.21. The highest BCUT2D eigenvalue weighted by molar-refractivity contribution is 4.62. The lowest BCUT2D eigenvalue weighted by molar-refractivity contribution is 0.291. The number of nitrogens with two attached hydrogens (primary N) is 1. The first-order valence-electron chi connectivity index (χ1n) is 3.90. The lowest BCUT2D eigenvalue weighted by atomic mass is 10.4. The third kappa shape index (κ3) is 6.01. The number of piperazine rings is 1. The van der Waals surface area contributed by atoms with Gasteiger partial charge in [-0.25, -0.2) is 0 Å². The van der Waals surface area contributed by atoms with Gasteiger partial charge < -0.3 is 16.0 Å². The van der Waals surface area contributed by atoms with Crippen molar-refractivity contribution in [1.82, 2.24) is 10.2 Å². The number of nitrogens with one attached hydrogen (secondary N) is 1. The van der Waals surface area contributed by atoms with Crippen LogP contribution in [0.15, 0.2) is 0 Å². The third-order valence-corrected chi connectivity index (χ3v) is 1.34. The Morgan fingerprint density at radius 1 is 1.40 bits per heavy atom. The average Bonchev–Trinajstić information content (AvgIpc) is 1.91. The van der Waals surface area contributed by atoms with E-state index in [0.29, 0.717) is 0 Å². The number of likely N-dealkylation sites (N-methyl/N-ethyl adjacent to an activating group) is 1. The summed E-state index contributed by atoms with van der Waals surface area (Å²) in [5.41, 5.74) is 4.85. The summed E-state index contributed by atoms with van der Waals surface area (Å²) in [4.78, 5) is 2.33. The Hall–Kier alpha value is -0.120. The molecule has 0 saturated carbocycles. The quantitative estimate of drug-likeness (QED) is 0.482. The molecule has 0 spiro atoms. The molecule has 1 saturated heterocycles. The number of hydrogen-bond acceptors (Lipinski definition) is 3. The Bertz CT molecular complexity index is 59.9. The fourth-order valence-electron chi connectivity index (χ4n) is 0.777. The van der Waals surface area contributed by atoms with Crippen molar-refractivity contribution in [1.29, 1.82) is 0 Å². The summed E-state index contributed by atoms with van der Waals surface area (Å²) in [7, 11) is 2.15. The summed E-state index contributed by atoms with van der Waals surface area (Å²) in [6.07, 6.45) is 0. The van der Waals surface area contributed by atoms with Crippen molar-refractivity contribution in [2.45, 2.75) is 6.92 Å². The van der Waals surface area contributed by atoms with Crippen LogP contribution < -0.4 is 11.1 Å². The van der Waals surface area contributed by atoms with E-state index in [9.17, 15) is 0 Å². The van der Waals surface area contributed by atoms with Crippen LogP contribution in [0.5, 0.6) is 0 Å². The zero-order chi connectivity index (χ0) is 7.82. The third-order valence-electron chi connectivity index (χ3n) is 1.34. The van der Waals surface area contributed by atoms with Crippen molar-refractivity contribution in [2.75, 3.05) is 39.8 Å². The topological polar surface area (TPSA) is 41.3 Å². The number of rotatable bonds is 0. The summed E-state index contributed by atoms with van der Waals surface area (Å²) in [5, 5.41) is 3.27. The van der Waals surface area contributed by atoms with Gasteiger partial charge in [-0.3, -0.25) is 0 Å². The monoisotopic (exact) mass is 145 g/mol. The van der Waals surface area contributed by atoms with E-state index in [4.69, 9.17) is 5.73 Å². The maximum atomic E-state index is 4.85. The Morgan fingerprint density at radius 3 is 2.00 bits per heavy atom. The Labute approximate surface area is 63.6 Å². The summed E-state index contributed by atoms with van der Waals surface area (Å²) in [6.45, 7) is 7.40. The second-order valence-electron chi connectivity index (χ2n) is 2.46. The minimum absolute atomic E-state index is 0.750. The van der Waals surface area contributed by atoms with E-state index in [1.54, 1.807) is 0 Å². The Balaban J connectivity index is 0.000000236. The highest BCUT2D eigenvalue weighted by Crippen LogP contribution is 1.82. The molecule has 1 fully saturated rings. The van der Waals surface area contributed by atoms with E-state index < -0.39 is 0 Å². The van der Waals surface area contributed by atoms with Gasteiger partial charge in [-0.05, 0) is 13.6 Å². The fraction of sp³-hybridized carbons (Fsp3) is 1.00. The molecule has 0 aromatic rings. The highest BCUT2D eigenvalue weighted by Gasteiger charge is 2.01. The zero-order valence-corrected chi connectivity index (χ0v) is 7.06. The summed E-state index contributed by atoms with van der Waals surface area (Å²) in [6, 6.07) is 0. The molecule has 3 nitrogen and oxygen atoms in total. The predicted molar refractivity (Wildman–Crippen MR) is 45.1 cm³/mol. The molecule has 62 valence electrons. The smallest absolute Gasteiger partial charge is 0.0104 e. The molecule has 0 aromatic heterocycles. The van der Waals surface area contributed by atoms with Crippen molar-refractivity contribution in [2.24, 2.45) is 5.73 Å². The van der Waals surface area contributed by atoms with E-state index in [0.717, 1.165) is 19.6 Å². The van der Waals surface area contributed by atoms with Crippen LogP contribution >= 0.6 is 0 Å². The van der Waals surface area contributed by atoms with E-state index in [1.807, 2.05) is 6.92 Å². The van der Waals surface area contributed by atoms with Crippen molar-refractivity contribution < 1.29 is 0 Å². The van der Waals surface area contributed by atoms with Gasteiger partial charge in [-0.1, -0.05) is 6.92 Å². The molecule has 10 heavy (non-hydrogen) atoms. The minimum Gasteiger partial charge on any atom is -0.331 e. The van der Waals surface area contributed by atoms with Crippen LogP contribution in [0, 0.1) is 0 Å². The molecule has 0 atom stereocenters. The maximum Gasteiger partial charge on any atom is 0.0104 e. The zero-order valence-electron chi connectivity index (χ0n) is 7.06. The van der Waals surface area contributed by atoms with E-state index in [-0.39, 0.29) is 0 Å². The molecule has 3 N–H and O–H groups in total. The normalized spacial score (nSPS) is 19.5. The Kier molecular flexibility index (Phi) is 6.91. The van der Waals surface area contributed by atoms with Gasteiger partial charge in [0.1, 0.15) is 0 Å². The van der Waals surface area contributed by atoms with Gasteiger partial charge >= 0.3 is 0 Å². The molecule has 1 aliphatic rings. The standard InChI is InChI=1S/C5H12N2.C2H7N/c1-7-4-2-6-3-5-7;1-2-3/h6H,2-5H2,1H3;2-3H2,1H3. The van der Waals surface area contributed by atoms with Gasteiger partial charge in [0.25, 0.3) is 0 Å². The molecular weight excluding hydrogens is 126 g/mol. The molecule has 0 unspecified atom stereocenters. The maximum absolute atomic E-state index is 4.85. The van der Waals surface area contributed by atoms with Gasteiger partial charge in [0.05, 0.1) is 0 Å². The SMILES string of the molecule is CCN.CN1CCNCC1. The van der Waals surface area contributed by atoms with Crippen LogP contribution in [0.1, 0.15) is 6.92 Å². The van der Waals surface area contributed by atoms with Gasteiger partial charge in [0.2, 0.25) is 0 Å². The molecular formula is C7H19N3. The van der Waals surface area contributed by atoms with Gasteiger partial charge in [0.15, 0.2) is 0 Å². The average molecular weight is 145 g/mol. The minimum atomic E-state index is 0.750. The van der Waals surface area contributed by atoms with Crippen LogP contribution in [0.4, 0.5) is 0 Å². The van der Waals surface area contributed by atoms with Crippen molar-refractivity contribution in [3.63, 3.8) is 0 Å². The molecule has 0 amide bonds. The highest BCUT2D eigenvalue weighted by atomic mass is 15.2. The second kappa shape index (κ2) is 6.99. The molecule has 1 rings (SSSR count). The van der Waals surface area contributed by atoms with Crippen LogP contribution in [-0.4, -0.2) is 44.7 Å². The summed E-state index contributed by atoms with van der Waals surface area (Å²) >= 11 is 0. The molecule has 3 heteroatoms. The molecule has 0 aliphatic carbocycles. The van der Waals surface area contributed by atoms with E-state index in [1.165, 1.54) is 13.1 Å². The lowest BCUT2D eigenvalue weighted by Crippen LogP contribution is -2.40. The molecule has 0 aromatic carbocycles. The van der Waals surface area contributed by atoms with Gasteiger partial charge in [-0.15, -0.1) is 0 Å². The first-order chi connectivity index (χ1) is 4.81. The molecule has 0 radical (unpaired) electrons. The van der Waals surface area contributed by atoms with Crippen LogP contribution in [-0.2, 0) is 0 Å². The first kappa shape index (κ1) is 9.88. The molecule has 1 aliphatic heterocycles. The first-order valence-corrected chi connectivity index (χ1v) is 3.90. The van der Waals surface area contributed by atoms with E-state index in [2.05, 4.69) is 17.3 Å². The van der Waals surface area contributed by atoms with Gasteiger partial charge in [0, 0.05) is 26.2 Å². The van der Waals surface area contributed by atoms with E-state index >= 15 is 0 Å². The summed E-state index contributed by atoms with van der Waals surface area (Å²) < 4.78 is 0. The van der Waals surface area contributed by atoms with Gasteiger partial charge in [-0.2, -0.15) is 0 Å². The number of hydrogen-bond donors (Lipinski definition) is 2. The largest absolute Gasteiger partial charge is 0.331 e. The predicted octanol–water partition coefficient (Wildman–Crippen LogP) is -0.514. The van der Waals surface area contributed by atoms with Crippen LogP contribution in [0.25, 0.3) is 0 Å². The van der Waals surface area contributed by atoms with Crippen molar-refractivity contribution >= 4 is 0 Å². The Morgan fingerprint density at radius 2 is 1.80 bits per heavy atom. The van der Waals surface area contributed by atoms with Crippen LogP contribution in [0.2, 0.25) is 0 Å².